The molecule has 0 radical (unpaired) electrons. The molecule has 0 atom stereocenters. The maximum Gasteiger partial charge on any atom is 0.256 e. The first kappa shape index (κ1) is 19.6. The Morgan fingerprint density at radius 2 is 1.76 bits per heavy atom. The zero-order valence-corrected chi connectivity index (χ0v) is 17.9. The number of rotatable bonds is 3. The molecule has 3 aromatic rings. The number of benzene rings is 2. The van der Waals surface area contributed by atoms with E-state index in [1.807, 2.05) is 36.4 Å². The zero-order valence-electron chi connectivity index (χ0n) is 17.1. The summed E-state index contributed by atoms with van der Waals surface area (Å²) in [5.74, 6) is -0.758. The number of hydrogen-bond donors (Lipinski definition) is 3. The number of hydrogen-bond acceptors (Lipinski definition) is 4. The lowest BCUT2D eigenvalue weighted by atomic mass is 9.81. The van der Waals surface area contributed by atoms with Crippen molar-refractivity contribution in [1.29, 1.82) is 0 Å². The van der Waals surface area contributed by atoms with Crippen LogP contribution in [-0.2, 0) is 12.0 Å². The maximum atomic E-state index is 13.0. The Kier molecular flexibility index (Phi) is 4.52. The van der Waals surface area contributed by atoms with Crippen LogP contribution in [0.2, 0.25) is 0 Å². The molecule has 0 unspecified atom stereocenters. The van der Waals surface area contributed by atoms with Crippen LogP contribution in [0.4, 0.5) is 5.00 Å². The fraction of sp³-hybridized carbons (Fsp3) is 0.304. The van der Waals surface area contributed by atoms with Gasteiger partial charge in [0.05, 0.1) is 5.56 Å². The number of primary amides is 1. The van der Waals surface area contributed by atoms with Crippen LogP contribution in [0.1, 0.15) is 58.9 Å². The molecule has 0 saturated heterocycles. The first-order valence-electron chi connectivity index (χ1n) is 9.63. The minimum atomic E-state index is -0.509. The van der Waals surface area contributed by atoms with Crippen LogP contribution >= 0.6 is 11.3 Å². The van der Waals surface area contributed by atoms with Gasteiger partial charge >= 0.3 is 0 Å². The number of nitrogens with one attached hydrogen (secondary N) is 2. The van der Waals surface area contributed by atoms with Crippen molar-refractivity contribution in [2.75, 3.05) is 5.32 Å². The molecule has 2 heterocycles. The van der Waals surface area contributed by atoms with Crippen LogP contribution in [-0.4, -0.2) is 17.4 Å². The van der Waals surface area contributed by atoms with Gasteiger partial charge in [0.25, 0.3) is 11.8 Å². The Bertz CT molecular complexity index is 1140. The predicted octanol–water partition coefficient (Wildman–Crippen LogP) is 4.41. The van der Waals surface area contributed by atoms with Crippen LogP contribution in [0, 0.1) is 0 Å². The van der Waals surface area contributed by atoms with Crippen LogP contribution in [0.25, 0.3) is 10.8 Å². The highest BCUT2D eigenvalue weighted by Gasteiger charge is 2.41. The number of carbonyl (C=O) groups excluding carboxylic acids is 2. The molecule has 0 spiro atoms. The molecule has 1 aromatic heterocycles. The van der Waals surface area contributed by atoms with Crippen molar-refractivity contribution in [3.05, 3.63) is 64.0 Å². The minimum absolute atomic E-state index is 0.179. The minimum Gasteiger partial charge on any atom is -0.365 e. The second kappa shape index (κ2) is 6.68. The van der Waals surface area contributed by atoms with Gasteiger partial charge in [0, 0.05) is 21.5 Å². The number of amides is 2. The zero-order chi connectivity index (χ0) is 21.0. The Morgan fingerprint density at radius 1 is 1.07 bits per heavy atom. The summed E-state index contributed by atoms with van der Waals surface area (Å²) in [6, 6.07) is 13.5. The van der Waals surface area contributed by atoms with Gasteiger partial charge in [-0.2, -0.15) is 0 Å². The summed E-state index contributed by atoms with van der Waals surface area (Å²) in [4.78, 5) is 26.3. The molecular formula is C23H25N3O2S. The average molecular weight is 408 g/mol. The first-order chi connectivity index (χ1) is 13.6. The van der Waals surface area contributed by atoms with Gasteiger partial charge in [-0.05, 0) is 62.6 Å². The second-order valence-corrected chi connectivity index (χ2v) is 9.83. The summed E-state index contributed by atoms with van der Waals surface area (Å²) in [5.41, 5.74) is 7.16. The molecule has 0 fully saturated rings. The Labute approximate surface area is 174 Å². The number of carbonyl (C=O) groups is 2. The quantitative estimate of drug-likeness (QED) is 0.601. The number of thiophene rings is 1. The van der Waals surface area contributed by atoms with Gasteiger partial charge in [-0.25, -0.2) is 0 Å². The van der Waals surface area contributed by atoms with E-state index in [-0.39, 0.29) is 17.0 Å². The van der Waals surface area contributed by atoms with E-state index in [9.17, 15) is 9.59 Å². The van der Waals surface area contributed by atoms with Gasteiger partial charge in [0.1, 0.15) is 5.00 Å². The SMILES string of the molecule is CC1(C)Cc2c(sc(NC(=O)c3ccc4ccccc4c3)c2C(N)=O)C(C)(C)N1. The van der Waals surface area contributed by atoms with Crippen molar-refractivity contribution in [1.82, 2.24) is 5.32 Å². The molecule has 6 heteroatoms. The monoisotopic (exact) mass is 407 g/mol. The van der Waals surface area contributed by atoms with E-state index in [0.717, 1.165) is 21.2 Å². The molecule has 1 aliphatic heterocycles. The molecule has 4 rings (SSSR count). The normalized spacial score (nSPS) is 17.0. The highest BCUT2D eigenvalue weighted by Crippen LogP contribution is 2.45. The van der Waals surface area contributed by atoms with Gasteiger partial charge in [-0.1, -0.05) is 30.3 Å². The third kappa shape index (κ3) is 3.54. The van der Waals surface area contributed by atoms with Gasteiger partial charge in [-0.3, -0.25) is 9.59 Å². The van der Waals surface area contributed by atoms with Gasteiger partial charge in [0.15, 0.2) is 0 Å². The van der Waals surface area contributed by atoms with Crippen LogP contribution < -0.4 is 16.4 Å². The van der Waals surface area contributed by atoms with Crippen molar-refractivity contribution in [3.63, 3.8) is 0 Å². The van der Waals surface area contributed by atoms with Crippen molar-refractivity contribution in [2.24, 2.45) is 5.73 Å². The summed E-state index contributed by atoms with van der Waals surface area (Å²) in [7, 11) is 0. The van der Waals surface area contributed by atoms with Crippen molar-refractivity contribution in [2.45, 2.75) is 45.2 Å². The number of fused-ring (bicyclic) bond motifs is 2. The lowest BCUT2D eigenvalue weighted by Crippen LogP contribution is -2.55. The van der Waals surface area contributed by atoms with Crippen molar-refractivity contribution in [3.8, 4) is 0 Å². The van der Waals surface area contributed by atoms with Gasteiger partial charge in [-0.15, -0.1) is 11.3 Å². The lowest BCUT2D eigenvalue weighted by Gasteiger charge is -2.42. The standard InChI is InChI=1S/C23H25N3O2S/c1-22(2)12-16-17(19(24)27)21(29-18(16)23(3,4)26-22)25-20(28)15-10-9-13-7-5-6-8-14(13)11-15/h5-11,26H,12H2,1-4H3,(H2,24,27)(H,25,28). The molecule has 0 aliphatic carbocycles. The maximum absolute atomic E-state index is 13.0. The van der Waals surface area contributed by atoms with E-state index in [2.05, 4.69) is 38.3 Å². The lowest BCUT2D eigenvalue weighted by molar-refractivity contribution is 0.0999. The summed E-state index contributed by atoms with van der Waals surface area (Å²) in [6.07, 6.45) is 0.673. The largest absolute Gasteiger partial charge is 0.365 e. The highest BCUT2D eigenvalue weighted by atomic mass is 32.1. The van der Waals surface area contributed by atoms with E-state index >= 15 is 0 Å². The number of nitrogens with two attached hydrogens (primary N) is 1. The Hall–Kier alpha value is -2.70. The number of anilines is 1. The topological polar surface area (TPSA) is 84.2 Å². The van der Waals surface area contributed by atoms with E-state index in [4.69, 9.17) is 5.73 Å². The van der Waals surface area contributed by atoms with Crippen molar-refractivity contribution >= 4 is 38.9 Å². The van der Waals surface area contributed by atoms with Crippen LogP contribution in [0.5, 0.6) is 0 Å². The molecule has 0 bridgehead atoms. The van der Waals surface area contributed by atoms with Crippen molar-refractivity contribution < 1.29 is 9.59 Å². The van der Waals surface area contributed by atoms with E-state index in [1.54, 1.807) is 6.07 Å². The molecular weight excluding hydrogens is 382 g/mol. The summed E-state index contributed by atoms with van der Waals surface area (Å²) in [5, 5.41) is 9.15. The van der Waals surface area contributed by atoms with Gasteiger partial charge in [0.2, 0.25) is 0 Å². The predicted molar refractivity (Wildman–Crippen MR) is 119 cm³/mol. The molecule has 5 nitrogen and oxygen atoms in total. The molecule has 150 valence electrons. The van der Waals surface area contributed by atoms with E-state index in [0.29, 0.717) is 22.5 Å². The molecule has 2 aromatic carbocycles. The molecule has 0 saturated carbocycles. The second-order valence-electron chi connectivity index (χ2n) is 8.80. The third-order valence-electron chi connectivity index (χ3n) is 5.33. The summed E-state index contributed by atoms with van der Waals surface area (Å²) in [6.45, 7) is 8.38. The molecule has 1 aliphatic rings. The van der Waals surface area contributed by atoms with Gasteiger partial charge < -0.3 is 16.4 Å². The highest BCUT2D eigenvalue weighted by molar-refractivity contribution is 7.17. The smallest absolute Gasteiger partial charge is 0.256 e. The molecule has 4 N–H and O–H groups in total. The average Bonchev–Trinajstić information content (AvgIpc) is 2.98. The summed E-state index contributed by atoms with van der Waals surface area (Å²) < 4.78 is 0. The fourth-order valence-corrected chi connectivity index (χ4v) is 5.66. The van der Waals surface area contributed by atoms with E-state index in [1.165, 1.54) is 11.3 Å². The van der Waals surface area contributed by atoms with Crippen LogP contribution in [0.3, 0.4) is 0 Å². The Balaban J connectivity index is 1.74. The molecule has 2 amide bonds. The van der Waals surface area contributed by atoms with Crippen LogP contribution in [0.15, 0.2) is 42.5 Å². The third-order valence-corrected chi connectivity index (χ3v) is 6.80. The summed E-state index contributed by atoms with van der Waals surface area (Å²) >= 11 is 1.43. The molecule has 29 heavy (non-hydrogen) atoms. The fourth-order valence-electron chi connectivity index (χ4n) is 4.38. The first-order valence-corrected chi connectivity index (χ1v) is 10.4. The Morgan fingerprint density at radius 3 is 2.45 bits per heavy atom. The van der Waals surface area contributed by atoms with E-state index < -0.39 is 5.91 Å².